The Labute approximate surface area is 176 Å². The lowest BCUT2D eigenvalue weighted by Crippen LogP contribution is -3.11. The first kappa shape index (κ1) is 22.9. The van der Waals surface area contributed by atoms with E-state index in [0.29, 0.717) is 29.2 Å². The molecule has 0 fully saturated rings. The molecule has 0 radical (unpaired) electrons. The molecule has 3 amide bonds. The second-order valence-corrected chi connectivity index (χ2v) is 6.94. The molecule has 1 unspecified atom stereocenters. The molecule has 0 saturated heterocycles. The molecule has 1 atom stereocenters. The summed E-state index contributed by atoms with van der Waals surface area (Å²) in [6.45, 7) is 3.01. The Morgan fingerprint density at radius 2 is 1.60 bits per heavy atom. The molecule has 160 valence electrons. The highest BCUT2D eigenvalue weighted by molar-refractivity contribution is 6.05. The molecule has 0 aliphatic carbocycles. The first-order chi connectivity index (χ1) is 14.4. The summed E-state index contributed by atoms with van der Waals surface area (Å²) in [5.74, 6) is 0.0129. The maximum absolute atomic E-state index is 12.4. The van der Waals surface area contributed by atoms with Crippen LogP contribution in [-0.2, 0) is 9.59 Å². The van der Waals surface area contributed by atoms with Gasteiger partial charge in [-0.3, -0.25) is 14.4 Å². The molecule has 4 N–H and O–H groups in total. The quantitative estimate of drug-likeness (QED) is 0.465. The van der Waals surface area contributed by atoms with E-state index >= 15 is 0 Å². The summed E-state index contributed by atoms with van der Waals surface area (Å²) in [5.41, 5.74) is 1.61. The number of nitrogens with one attached hydrogen (secondary N) is 4. The van der Waals surface area contributed by atoms with Crippen molar-refractivity contribution >= 4 is 29.1 Å². The fourth-order valence-corrected chi connectivity index (χ4v) is 2.79. The third-order valence-electron chi connectivity index (χ3n) is 4.28. The van der Waals surface area contributed by atoms with Crippen LogP contribution in [0.5, 0.6) is 5.75 Å². The Bertz CT molecular complexity index is 868. The minimum Gasteiger partial charge on any atom is -0.495 e. The third kappa shape index (κ3) is 7.21. The lowest BCUT2D eigenvalue weighted by Gasteiger charge is -2.14. The molecule has 0 aromatic heterocycles. The van der Waals surface area contributed by atoms with Crippen molar-refractivity contribution in [1.29, 1.82) is 0 Å². The largest absolute Gasteiger partial charge is 0.495 e. The molecule has 0 bridgehead atoms. The molecule has 30 heavy (non-hydrogen) atoms. The number of carbonyl (C=O) groups excluding carboxylic acids is 3. The van der Waals surface area contributed by atoms with Crippen LogP contribution in [0.3, 0.4) is 0 Å². The molecule has 0 spiro atoms. The van der Waals surface area contributed by atoms with Crippen LogP contribution >= 0.6 is 0 Å². The lowest BCUT2D eigenvalue weighted by atomic mass is 10.2. The van der Waals surface area contributed by atoms with Gasteiger partial charge in [0.2, 0.25) is 0 Å². The number of rotatable bonds is 10. The van der Waals surface area contributed by atoms with E-state index in [1.165, 1.54) is 0 Å². The van der Waals surface area contributed by atoms with Crippen LogP contribution in [0.4, 0.5) is 11.4 Å². The first-order valence-corrected chi connectivity index (χ1v) is 9.85. The Hall–Kier alpha value is -3.39. The Morgan fingerprint density at radius 3 is 2.27 bits per heavy atom. The summed E-state index contributed by atoms with van der Waals surface area (Å²) in [6.07, 6.45) is 0.873. The van der Waals surface area contributed by atoms with Gasteiger partial charge in [-0.15, -0.1) is 0 Å². The van der Waals surface area contributed by atoms with Gasteiger partial charge in [0.15, 0.2) is 13.1 Å². The minimum absolute atomic E-state index is 0.0763. The molecule has 2 aromatic carbocycles. The maximum Gasteiger partial charge on any atom is 0.279 e. The highest BCUT2D eigenvalue weighted by Gasteiger charge is 2.14. The monoisotopic (exact) mass is 413 g/mol. The predicted octanol–water partition coefficient (Wildman–Crippen LogP) is 0.927. The van der Waals surface area contributed by atoms with Crippen LogP contribution in [0.15, 0.2) is 48.5 Å². The summed E-state index contributed by atoms with van der Waals surface area (Å²) in [5, 5.41) is 8.37. The second kappa shape index (κ2) is 11.6. The molecular formula is C22H29N4O4+. The minimum atomic E-state index is -0.278. The third-order valence-corrected chi connectivity index (χ3v) is 4.28. The van der Waals surface area contributed by atoms with Crippen molar-refractivity contribution in [3.63, 3.8) is 0 Å². The molecule has 0 saturated carbocycles. The van der Waals surface area contributed by atoms with E-state index in [4.69, 9.17) is 4.74 Å². The van der Waals surface area contributed by atoms with E-state index in [1.807, 2.05) is 19.1 Å². The van der Waals surface area contributed by atoms with Gasteiger partial charge in [0, 0.05) is 17.8 Å². The average Bonchev–Trinajstić information content (AvgIpc) is 2.72. The van der Waals surface area contributed by atoms with E-state index in [1.54, 1.807) is 50.6 Å². The van der Waals surface area contributed by atoms with Gasteiger partial charge in [0.1, 0.15) is 5.75 Å². The van der Waals surface area contributed by atoms with E-state index in [-0.39, 0.29) is 30.8 Å². The van der Waals surface area contributed by atoms with Gasteiger partial charge >= 0.3 is 0 Å². The molecule has 8 nitrogen and oxygen atoms in total. The number of likely N-dealkylation sites (N-methyl/N-ethyl adjacent to an activating group) is 1. The van der Waals surface area contributed by atoms with Gasteiger partial charge < -0.3 is 25.6 Å². The fourth-order valence-electron chi connectivity index (χ4n) is 2.79. The van der Waals surface area contributed by atoms with Gasteiger partial charge in [-0.05, 0) is 42.8 Å². The maximum atomic E-state index is 12.4. The SMILES string of the molecule is CCCNC(=O)C[NH+](C)CC(=O)Nc1ccc(C(=O)Nc2ccccc2OC)cc1. The summed E-state index contributed by atoms with van der Waals surface area (Å²) in [7, 11) is 3.33. The first-order valence-electron chi connectivity index (χ1n) is 9.85. The van der Waals surface area contributed by atoms with E-state index < -0.39 is 0 Å². The zero-order valence-corrected chi connectivity index (χ0v) is 17.6. The summed E-state index contributed by atoms with van der Waals surface area (Å²) in [6, 6.07) is 13.8. The van der Waals surface area contributed by atoms with Crippen molar-refractivity contribution in [3.05, 3.63) is 54.1 Å². The van der Waals surface area contributed by atoms with Gasteiger partial charge in [-0.1, -0.05) is 19.1 Å². The van der Waals surface area contributed by atoms with Crippen LogP contribution in [-0.4, -0.2) is 51.5 Å². The van der Waals surface area contributed by atoms with Crippen molar-refractivity contribution in [2.45, 2.75) is 13.3 Å². The molecule has 2 aromatic rings. The molecule has 2 rings (SSSR count). The highest BCUT2D eigenvalue weighted by atomic mass is 16.5. The lowest BCUT2D eigenvalue weighted by molar-refractivity contribution is -0.862. The molecule has 0 aliphatic heterocycles. The van der Waals surface area contributed by atoms with Crippen molar-refractivity contribution in [2.75, 3.05) is 44.4 Å². The van der Waals surface area contributed by atoms with Crippen LogP contribution in [0.2, 0.25) is 0 Å². The van der Waals surface area contributed by atoms with E-state index in [0.717, 1.165) is 11.3 Å². The average molecular weight is 413 g/mol. The standard InChI is InChI=1S/C22H28N4O4/c1-4-13-23-20(27)14-26(2)15-21(28)24-17-11-9-16(10-12-17)22(29)25-18-7-5-6-8-19(18)30-3/h5-12H,4,13-15H2,1-3H3,(H,23,27)(H,24,28)(H,25,29)/p+1. The number of quaternary nitrogens is 1. The molecule has 8 heteroatoms. The summed E-state index contributed by atoms with van der Waals surface area (Å²) < 4.78 is 5.23. The zero-order valence-electron chi connectivity index (χ0n) is 17.6. The number of carbonyl (C=O) groups is 3. The van der Waals surface area contributed by atoms with Crippen LogP contribution in [0.1, 0.15) is 23.7 Å². The van der Waals surface area contributed by atoms with Crippen molar-refractivity contribution < 1.29 is 24.0 Å². The second-order valence-electron chi connectivity index (χ2n) is 6.94. The molecule has 0 heterocycles. The summed E-state index contributed by atoms with van der Waals surface area (Å²) in [4.78, 5) is 37.1. The normalized spacial score (nSPS) is 11.3. The predicted molar refractivity (Wildman–Crippen MR) is 116 cm³/mol. The molecular weight excluding hydrogens is 384 g/mol. The van der Waals surface area contributed by atoms with Gasteiger partial charge in [0.25, 0.3) is 17.7 Å². The Kier molecular flexibility index (Phi) is 8.83. The van der Waals surface area contributed by atoms with Crippen LogP contribution < -0.4 is 25.6 Å². The fraction of sp³-hybridized carbons (Fsp3) is 0.318. The number of hydrogen-bond donors (Lipinski definition) is 4. The van der Waals surface area contributed by atoms with Gasteiger partial charge in [-0.2, -0.15) is 0 Å². The van der Waals surface area contributed by atoms with Crippen molar-refractivity contribution in [3.8, 4) is 5.75 Å². The molecule has 0 aliphatic rings. The number of benzene rings is 2. The van der Waals surface area contributed by atoms with Crippen LogP contribution in [0, 0.1) is 0 Å². The Balaban J connectivity index is 1.87. The topological polar surface area (TPSA) is 101 Å². The Morgan fingerprint density at radius 1 is 0.933 bits per heavy atom. The number of amides is 3. The van der Waals surface area contributed by atoms with Crippen molar-refractivity contribution in [1.82, 2.24) is 5.32 Å². The van der Waals surface area contributed by atoms with E-state index in [2.05, 4.69) is 16.0 Å². The number of ether oxygens (including phenoxy) is 1. The highest BCUT2D eigenvalue weighted by Crippen LogP contribution is 2.23. The van der Waals surface area contributed by atoms with E-state index in [9.17, 15) is 14.4 Å². The summed E-state index contributed by atoms with van der Waals surface area (Å²) >= 11 is 0. The number of anilines is 2. The number of hydrogen-bond acceptors (Lipinski definition) is 4. The number of methoxy groups -OCH3 is 1. The van der Waals surface area contributed by atoms with Gasteiger partial charge in [0.05, 0.1) is 19.8 Å². The zero-order chi connectivity index (χ0) is 21.9. The van der Waals surface area contributed by atoms with Crippen LogP contribution in [0.25, 0.3) is 0 Å². The number of para-hydroxylation sites is 2. The smallest absolute Gasteiger partial charge is 0.279 e. The van der Waals surface area contributed by atoms with Crippen molar-refractivity contribution in [2.24, 2.45) is 0 Å². The van der Waals surface area contributed by atoms with Gasteiger partial charge in [-0.25, -0.2) is 0 Å².